The van der Waals surface area contributed by atoms with Gasteiger partial charge in [0.1, 0.15) is 6.54 Å². The first-order valence-corrected chi connectivity index (χ1v) is 9.67. The molecule has 0 radical (unpaired) electrons. The number of nitrogens with one attached hydrogen (secondary N) is 1. The zero-order chi connectivity index (χ0) is 23.1. The summed E-state index contributed by atoms with van der Waals surface area (Å²) in [6, 6.07) is 18.9. The Balaban J connectivity index is 1.60. The first-order valence-electron chi connectivity index (χ1n) is 9.30. The van der Waals surface area contributed by atoms with Gasteiger partial charge >= 0.3 is 12.1 Å². The standard InChI is InChI=1S/C22H17ClF3N3O3/c23-18-11-15(22(24,25)26)12-27-21(18)28-19(30)14-32-20(31)13-29(16-7-3-1-4-8-16)17-9-5-2-6-10-17/h1-12H,13-14H2,(H,27,28,30). The third-order valence-electron chi connectivity index (χ3n) is 4.21. The predicted molar refractivity (Wildman–Crippen MR) is 114 cm³/mol. The maximum atomic E-state index is 12.7. The summed E-state index contributed by atoms with van der Waals surface area (Å²) in [5.41, 5.74) is 0.454. The normalized spacial score (nSPS) is 11.0. The zero-order valence-corrected chi connectivity index (χ0v) is 17.2. The monoisotopic (exact) mass is 463 g/mol. The van der Waals surface area contributed by atoms with Crippen LogP contribution in [-0.4, -0.2) is 30.0 Å². The molecule has 0 saturated carbocycles. The quantitative estimate of drug-likeness (QED) is 0.495. The summed E-state index contributed by atoms with van der Waals surface area (Å²) >= 11 is 5.76. The molecule has 10 heteroatoms. The lowest BCUT2D eigenvalue weighted by Crippen LogP contribution is -2.29. The Labute approximate surface area is 186 Å². The van der Waals surface area contributed by atoms with Gasteiger partial charge in [0.15, 0.2) is 12.4 Å². The van der Waals surface area contributed by atoms with Crippen LogP contribution in [0.3, 0.4) is 0 Å². The summed E-state index contributed by atoms with van der Waals surface area (Å²) in [4.78, 5) is 29.6. The Morgan fingerprint density at radius 2 is 1.56 bits per heavy atom. The molecule has 0 aliphatic carbocycles. The number of hydrogen-bond acceptors (Lipinski definition) is 5. The van der Waals surface area contributed by atoms with Crippen molar-refractivity contribution in [1.29, 1.82) is 0 Å². The number of hydrogen-bond donors (Lipinski definition) is 1. The van der Waals surface area contributed by atoms with Crippen LogP contribution in [0.4, 0.5) is 30.4 Å². The van der Waals surface area contributed by atoms with Gasteiger partial charge in [0.2, 0.25) is 0 Å². The van der Waals surface area contributed by atoms with Crippen LogP contribution in [0.25, 0.3) is 0 Å². The molecule has 0 unspecified atom stereocenters. The molecule has 0 bridgehead atoms. The summed E-state index contributed by atoms with van der Waals surface area (Å²) < 4.78 is 43.0. The van der Waals surface area contributed by atoms with E-state index in [0.717, 1.165) is 11.4 Å². The van der Waals surface area contributed by atoms with E-state index in [1.54, 1.807) is 4.90 Å². The molecule has 166 valence electrons. The van der Waals surface area contributed by atoms with Crippen molar-refractivity contribution in [3.8, 4) is 0 Å². The summed E-state index contributed by atoms with van der Waals surface area (Å²) in [6.07, 6.45) is -4.07. The fourth-order valence-corrected chi connectivity index (χ4v) is 2.93. The van der Waals surface area contributed by atoms with Crippen molar-refractivity contribution >= 4 is 40.7 Å². The van der Waals surface area contributed by atoms with Crippen molar-refractivity contribution in [2.75, 3.05) is 23.4 Å². The summed E-state index contributed by atoms with van der Waals surface area (Å²) in [5, 5.41) is 1.83. The largest absolute Gasteiger partial charge is 0.454 e. The molecule has 0 aliphatic rings. The van der Waals surface area contributed by atoms with E-state index in [0.29, 0.717) is 12.3 Å². The van der Waals surface area contributed by atoms with Crippen LogP contribution in [0.15, 0.2) is 72.9 Å². The number of para-hydroxylation sites is 2. The van der Waals surface area contributed by atoms with E-state index in [1.807, 2.05) is 60.7 Å². The van der Waals surface area contributed by atoms with Crippen LogP contribution in [0, 0.1) is 0 Å². The van der Waals surface area contributed by atoms with Gasteiger partial charge in [-0.2, -0.15) is 13.2 Å². The zero-order valence-electron chi connectivity index (χ0n) is 16.5. The minimum absolute atomic E-state index is 0.166. The first-order chi connectivity index (χ1) is 15.2. The Hall–Kier alpha value is -3.59. The lowest BCUT2D eigenvalue weighted by Gasteiger charge is -2.24. The number of esters is 1. The molecular weight excluding hydrogens is 447 g/mol. The highest BCUT2D eigenvalue weighted by Gasteiger charge is 2.31. The molecule has 6 nitrogen and oxygen atoms in total. The second-order valence-electron chi connectivity index (χ2n) is 6.52. The molecule has 0 atom stereocenters. The molecule has 1 aromatic heterocycles. The van der Waals surface area contributed by atoms with Gasteiger partial charge in [0, 0.05) is 17.6 Å². The topological polar surface area (TPSA) is 71.5 Å². The molecule has 0 spiro atoms. The van der Waals surface area contributed by atoms with Gasteiger partial charge in [-0.3, -0.25) is 9.59 Å². The minimum atomic E-state index is -4.61. The van der Waals surface area contributed by atoms with Crippen LogP contribution < -0.4 is 10.2 Å². The predicted octanol–water partition coefficient (Wildman–Crippen LogP) is 5.07. The highest BCUT2D eigenvalue weighted by Crippen LogP contribution is 2.32. The van der Waals surface area contributed by atoms with Gasteiger partial charge in [-0.25, -0.2) is 4.98 Å². The highest BCUT2D eigenvalue weighted by atomic mass is 35.5. The molecule has 0 fully saturated rings. The van der Waals surface area contributed by atoms with E-state index in [2.05, 4.69) is 10.3 Å². The number of ether oxygens (including phenoxy) is 1. The van der Waals surface area contributed by atoms with Crippen molar-refractivity contribution in [2.45, 2.75) is 6.18 Å². The van der Waals surface area contributed by atoms with Gasteiger partial charge in [0.05, 0.1) is 10.6 Å². The number of amides is 1. The number of halogens is 4. The average molecular weight is 464 g/mol. The fraction of sp³-hybridized carbons (Fsp3) is 0.136. The second-order valence-corrected chi connectivity index (χ2v) is 6.93. The SMILES string of the molecule is O=C(COC(=O)CN(c1ccccc1)c1ccccc1)Nc1ncc(C(F)(F)F)cc1Cl. The minimum Gasteiger partial charge on any atom is -0.454 e. The van der Waals surface area contributed by atoms with Crippen molar-refractivity contribution in [3.63, 3.8) is 0 Å². The molecule has 1 heterocycles. The maximum absolute atomic E-state index is 12.7. The number of benzene rings is 2. The van der Waals surface area contributed by atoms with Gasteiger partial charge in [0.25, 0.3) is 5.91 Å². The number of alkyl halides is 3. The third kappa shape index (κ3) is 6.21. The van der Waals surface area contributed by atoms with E-state index in [1.165, 1.54) is 0 Å². The lowest BCUT2D eigenvalue weighted by atomic mass is 10.2. The molecule has 1 amide bonds. The number of pyridine rings is 1. The van der Waals surface area contributed by atoms with Crippen LogP contribution in [0.2, 0.25) is 5.02 Å². The fourth-order valence-electron chi connectivity index (χ4n) is 2.72. The number of anilines is 3. The Morgan fingerprint density at radius 1 is 1.00 bits per heavy atom. The van der Waals surface area contributed by atoms with E-state index < -0.39 is 30.2 Å². The summed E-state index contributed by atoms with van der Waals surface area (Å²) in [6.45, 7) is -0.824. The number of nitrogens with zero attached hydrogens (tertiary/aromatic N) is 2. The Kier molecular flexibility index (Phi) is 7.32. The number of carbonyl (C=O) groups is 2. The first kappa shape index (κ1) is 23.1. The van der Waals surface area contributed by atoms with Gasteiger partial charge < -0.3 is 15.0 Å². The summed E-state index contributed by atoms with van der Waals surface area (Å²) in [5.74, 6) is -1.74. The van der Waals surface area contributed by atoms with Gasteiger partial charge in [-0.05, 0) is 30.3 Å². The van der Waals surface area contributed by atoms with Crippen LogP contribution in [0.1, 0.15) is 5.56 Å². The number of rotatable bonds is 7. The average Bonchev–Trinajstić information content (AvgIpc) is 2.78. The third-order valence-corrected chi connectivity index (χ3v) is 4.50. The second kappa shape index (κ2) is 10.1. The lowest BCUT2D eigenvalue weighted by molar-refractivity contribution is -0.145. The molecular formula is C22H17ClF3N3O3. The Morgan fingerprint density at radius 3 is 2.06 bits per heavy atom. The van der Waals surface area contributed by atoms with Crippen molar-refractivity contribution in [3.05, 3.63) is 83.5 Å². The highest BCUT2D eigenvalue weighted by molar-refractivity contribution is 6.33. The molecule has 3 aromatic rings. The van der Waals surface area contributed by atoms with Crippen LogP contribution in [0.5, 0.6) is 0 Å². The molecule has 0 aliphatic heterocycles. The molecule has 1 N–H and O–H groups in total. The van der Waals surface area contributed by atoms with Gasteiger partial charge in [-0.1, -0.05) is 48.0 Å². The van der Waals surface area contributed by atoms with E-state index in [4.69, 9.17) is 16.3 Å². The smallest absolute Gasteiger partial charge is 0.417 e. The number of carbonyl (C=O) groups excluding carboxylic acids is 2. The summed E-state index contributed by atoms with van der Waals surface area (Å²) in [7, 11) is 0. The van der Waals surface area contributed by atoms with E-state index in [-0.39, 0.29) is 17.4 Å². The molecule has 32 heavy (non-hydrogen) atoms. The number of aromatic nitrogens is 1. The molecule has 2 aromatic carbocycles. The molecule has 0 saturated heterocycles. The van der Waals surface area contributed by atoms with Crippen LogP contribution in [-0.2, 0) is 20.5 Å². The van der Waals surface area contributed by atoms with Crippen LogP contribution >= 0.6 is 11.6 Å². The van der Waals surface area contributed by atoms with E-state index in [9.17, 15) is 22.8 Å². The maximum Gasteiger partial charge on any atom is 0.417 e. The Bertz CT molecular complexity index is 1040. The van der Waals surface area contributed by atoms with Crippen molar-refractivity contribution in [2.24, 2.45) is 0 Å². The van der Waals surface area contributed by atoms with E-state index >= 15 is 0 Å². The molecule has 3 rings (SSSR count). The van der Waals surface area contributed by atoms with Crippen molar-refractivity contribution < 1.29 is 27.5 Å². The van der Waals surface area contributed by atoms with Gasteiger partial charge in [-0.15, -0.1) is 0 Å². The van der Waals surface area contributed by atoms with Crippen molar-refractivity contribution in [1.82, 2.24) is 4.98 Å².